The molecule has 1 aliphatic rings. The van der Waals surface area contributed by atoms with Crippen LogP contribution in [0.4, 0.5) is 0 Å². The number of carbonyl (C=O) groups excluding carboxylic acids is 2. The number of nitrogens with zero attached hydrogens (tertiary/aromatic N) is 3. The maximum atomic E-state index is 12.8. The average Bonchev–Trinajstić information content (AvgIpc) is 3.55. The van der Waals surface area contributed by atoms with Gasteiger partial charge in [0.05, 0.1) is 11.4 Å². The Labute approximate surface area is 176 Å². The molecule has 0 atom stereocenters. The number of hydrogen-bond donors (Lipinski definition) is 0. The Hall–Kier alpha value is -3.41. The number of esters is 1. The lowest BCUT2D eigenvalue weighted by Crippen LogP contribution is -2.34. The topological polar surface area (TPSA) is 64.4 Å². The summed E-state index contributed by atoms with van der Waals surface area (Å²) in [6.07, 6.45) is 2.17. The second-order valence-electron chi connectivity index (χ2n) is 7.45. The smallest absolute Gasteiger partial charge is 0.357 e. The molecule has 1 saturated carbocycles. The van der Waals surface area contributed by atoms with Crippen molar-refractivity contribution in [3.05, 3.63) is 83.7 Å². The maximum Gasteiger partial charge on any atom is 0.357 e. The predicted octanol–water partition coefficient (Wildman–Crippen LogP) is 3.96. The van der Waals surface area contributed by atoms with E-state index in [1.54, 1.807) is 15.6 Å². The number of amides is 1. The van der Waals surface area contributed by atoms with Gasteiger partial charge >= 0.3 is 5.97 Å². The van der Waals surface area contributed by atoms with Gasteiger partial charge in [-0.1, -0.05) is 48.5 Å². The number of hydrogen-bond acceptors (Lipinski definition) is 4. The molecule has 3 aromatic rings. The van der Waals surface area contributed by atoms with Gasteiger partial charge in [0, 0.05) is 19.0 Å². The lowest BCUT2D eigenvalue weighted by Gasteiger charge is -2.20. The van der Waals surface area contributed by atoms with Crippen molar-refractivity contribution >= 4 is 11.9 Å². The van der Waals surface area contributed by atoms with Crippen molar-refractivity contribution in [3.63, 3.8) is 0 Å². The molecule has 0 radical (unpaired) electrons. The summed E-state index contributed by atoms with van der Waals surface area (Å²) >= 11 is 0. The van der Waals surface area contributed by atoms with Gasteiger partial charge < -0.3 is 9.64 Å². The fourth-order valence-corrected chi connectivity index (χ4v) is 3.36. The van der Waals surface area contributed by atoms with Crippen LogP contribution in [0, 0.1) is 0 Å². The molecule has 1 heterocycles. The van der Waals surface area contributed by atoms with Gasteiger partial charge in [0.1, 0.15) is 0 Å². The minimum atomic E-state index is -0.539. The largest absolute Gasteiger partial charge is 0.451 e. The molecule has 0 saturated heterocycles. The molecule has 1 fully saturated rings. The van der Waals surface area contributed by atoms with Crippen molar-refractivity contribution in [3.8, 4) is 5.69 Å². The molecule has 0 N–H and O–H groups in total. The molecule has 154 valence electrons. The van der Waals surface area contributed by atoms with Crippen molar-refractivity contribution in [2.45, 2.75) is 32.2 Å². The Morgan fingerprint density at radius 3 is 2.37 bits per heavy atom. The summed E-state index contributed by atoms with van der Waals surface area (Å²) in [5, 5.41) is 4.62. The first-order valence-corrected chi connectivity index (χ1v) is 10.3. The molecule has 30 heavy (non-hydrogen) atoms. The van der Waals surface area contributed by atoms with E-state index in [1.165, 1.54) is 0 Å². The standard InChI is InChI=1S/C24H25N3O3/c1-2-26(16-18-9-5-3-6-10-18)23(28)17-30-24(29)22-15-21(19-13-14-19)25-27(22)20-11-7-4-8-12-20/h3-12,15,19H,2,13-14,16-17H2,1H3. The van der Waals surface area contributed by atoms with Crippen LogP contribution in [0.1, 0.15) is 47.4 Å². The monoisotopic (exact) mass is 403 g/mol. The molecular formula is C24H25N3O3. The molecule has 0 bridgehead atoms. The second kappa shape index (κ2) is 8.95. The van der Waals surface area contributed by atoms with Gasteiger partial charge in [-0.3, -0.25) is 4.79 Å². The number of ether oxygens (including phenoxy) is 1. The second-order valence-corrected chi connectivity index (χ2v) is 7.45. The van der Waals surface area contributed by atoms with Crippen LogP contribution in [-0.2, 0) is 16.1 Å². The number of carbonyl (C=O) groups is 2. The van der Waals surface area contributed by atoms with Gasteiger partial charge in [-0.15, -0.1) is 0 Å². The van der Waals surface area contributed by atoms with Crippen molar-refractivity contribution in [2.75, 3.05) is 13.2 Å². The van der Waals surface area contributed by atoms with Crippen LogP contribution >= 0.6 is 0 Å². The van der Waals surface area contributed by atoms with Crippen LogP contribution in [0.15, 0.2) is 66.7 Å². The fraction of sp³-hybridized carbons (Fsp3) is 0.292. The number of para-hydroxylation sites is 1. The van der Waals surface area contributed by atoms with E-state index in [2.05, 4.69) is 5.10 Å². The quantitative estimate of drug-likeness (QED) is 0.534. The SMILES string of the molecule is CCN(Cc1ccccc1)C(=O)COC(=O)c1cc(C2CC2)nn1-c1ccccc1. The summed E-state index contributed by atoms with van der Waals surface area (Å²) in [5.41, 5.74) is 3.08. The van der Waals surface area contributed by atoms with Crippen molar-refractivity contribution in [1.29, 1.82) is 0 Å². The Morgan fingerprint density at radius 2 is 1.73 bits per heavy atom. The molecule has 1 amide bonds. The molecule has 0 unspecified atom stereocenters. The summed E-state index contributed by atoms with van der Waals surface area (Å²) in [6, 6.07) is 21.1. The van der Waals surface area contributed by atoms with Crippen molar-refractivity contribution in [2.24, 2.45) is 0 Å². The third-order valence-corrected chi connectivity index (χ3v) is 5.21. The minimum absolute atomic E-state index is 0.220. The van der Waals surface area contributed by atoms with E-state index in [4.69, 9.17) is 4.74 Å². The predicted molar refractivity (Wildman–Crippen MR) is 113 cm³/mol. The van der Waals surface area contributed by atoms with Gasteiger partial charge in [0.2, 0.25) is 0 Å². The highest BCUT2D eigenvalue weighted by Crippen LogP contribution is 2.39. The van der Waals surface area contributed by atoms with Crippen LogP contribution in [0.2, 0.25) is 0 Å². The zero-order chi connectivity index (χ0) is 20.9. The third-order valence-electron chi connectivity index (χ3n) is 5.21. The summed E-state index contributed by atoms with van der Waals surface area (Å²) in [6.45, 7) is 2.65. The molecule has 4 rings (SSSR count). The lowest BCUT2D eigenvalue weighted by molar-refractivity contribution is -0.135. The van der Waals surface area contributed by atoms with E-state index in [0.29, 0.717) is 24.7 Å². The first kappa shape index (κ1) is 19.9. The Kier molecular flexibility index (Phi) is 5.93. The Morgan fingerprint density at radius 1 is 1.07 bits per heavy atom. The number of benzene rings is 2. The molecule has 6 nitrogen and oxygen atoms in total. The molecule has 1 aliphatic carbocycles. The highest BCUT2D eigenvalue weighted by atomic mass is 16.5. The zero-order valence-electron chi connectivity index (χ0n) is 17.0. The first-order chi connectivity index (χ1) is 14.7. The van der Waals surface area contributed by atoms with Crippen LogP contribution in [0.25, 0.3) is 5.69 Å². The van der Waals surface area contributed by atoms with E-state index < -0.39 is 5.97 Å². The van der Waals surface area contributed by atoms with E-state index in [1.807, 2.05) is 67.6 Å². The first-order valence-electron chi connectivity index (χ1n) is 10.3. The van der Waals surface area contributed by atoms with Crippen LogP contribution in [0.3, 0.4) is 0 Å². The van der Waals surface area contributed by atoms with Gasteiger partial charge in [-0.2, -0.15) is 5.10 Å². The third kappa shape index (κ3) is 4.59. The molecule has 6 heteroatoms. The van der Waals surface area contributed by atoms with Gasteiger partial charge in [-0.25, -0.2) is 9.48 Å². The number of likely N-dealkylation sites (N-methyl/N-ethyl adjacent to an activating group) is 1. The minimum Gasteiger partial charge on any atom is -0.451 e. The lowest BCUT2D eigenvalue weighted by atomic mass is 10.2. The highest BCUT2D eigenvalue weighted by Gasteiger charge is 2.29. The average molecular weight is 403 g/mol. The van der Waals surface area contributed by atoms with E-state index in [9.17, 15) is 9.59 Å². The van der Waals surface area contributed by atoms with Crippen LogP contribution < -0.4 is 0 Å². The number of rotatable bonds is 8. The summed E-state index contributed by atoms with van der Waals surface area (Å²) in [4.78, 5) is 27.1. The molecular weight excluding hydrogens is 378 g/mol. The Bertz CT molecular complexity index is 1010. The van der Waals surface area contributed by atoms with Gasteiger partial charge in [0.25, 0.3) is 5.91 Å². The van der Waals surface area contributed by atoms with Gasteiger partial charge in [0.15, 0.2) is 12.3 Å². The zero-order valence-corrected chi connectivity index (χ0v) is 17.0. The molecule has 2 aromatic carbocycles. The van der Waals surface area contributed by atoms with Gasteiger partial charge in [-0.05, 0) is 43.5 Å². The molecule has 1 aromatic heterocycles. The van der Waals surface area contributed by atoms with E-state index in [-0.39, 0.29) is 12.5 Å². The van der Waals surface area contributed by atoms with Crippen molar-refractivity contribution < 1.29 is 14.3 Å². The van der Waals surface area contributed by atoms with Crippen LogP contribution in [0.5, 0.6) is 0 Å². The highest BCUT2D eigenvalue weighted by molar-refractivity contribution is 5.90. The maximum absolute atomic E-state index is 12.8. The fourth-order valence-electron chi connectivity index (χ4n) is 3.36. The summed E-state index contributed by atoms with van der Waals surface area (Å²) in [5.74, 6) is -0.352. The summed E-state index contributed by atoms with van der Waals surface area (Å²) < 4.78 is 7.01. The normalized spacial score (nSPS) is 13.1. The molecule has 0 aliphatic heterocycles. The number of aromatic nitrogens is 2. The Balaban J connectivity index is 1.45. The van der Waals surface area contributed by atoms with E-state index >= 15 is 0 Å². The van der Waals surface area contributed by atoms with Crippen molar-refractivity contribution in [1.82, 2.24) is 14.7 Å². The van der Waals surface area contributed by atoms with E-state index in [0.717, 1.165) is 29.8 Å². The molecule has 0 spiro atoms. The summed E-state index contributed by atoms with van der Waals surface area (Å²) in [7, 11) is 0. The van der Waals surface area contributed by atoms with Crippen LogP contribution in [-0.4, -0.2) is 39.7 Å².